The SMILES string of the molecule is Cc1noc(CCCNC(=O)C2CCN(S(=O)(=O)c3ccc(C(C)C)cc3)CC2)n1. The predicted octanol–water partition coefficient (Wildman–Crippen LogP) is 2.65. The number of aryl methyl sites for hydroxylation is 2. The van der Waals surface area contributed by atoms with Crippen LogP contribution in [0.5, 0.6) is 0 Å². The van der Waals surface area contributed by atoms with Crippen LogP contribution in [0.4, 0.5) is 0 Å². The number of nitrogens with one attached hydrogen (secondary N) is 1. The Morgan fingerprint density at radius 1 is 1.23 bits per heavy atom. The van der Waals surface area contributed by atoms with Crippen LogP contribution in [0, 0.1) is 12.8 Å². The lowest BCUT2D eigenvalue weighted by molar-refractivity contribution is -0.126. The molecule has 0 radical (unpaired) electrons. The summed E-state index contributed by atoms with van der Waals surface area (Å²) in [4.78, 5) is 16.9. The van der Waals surface area contributed by atoms with E-state index in [1.165, 1.54) is 4.31 Å². The second-order valence-corrected chi connectivity index (χ2v) is 9.97. The number of amides is 1. The third kappa shape index (κ3) is 5.46. The minimum atomic E-state index is -3.52. The van der Waals surface area contributed by atoms with Gasteiger partial charge >= 0.3 is 0 Å². The van der Waals surface area contributed by atoms with Crippen molar-refractivity contribution >= 4 is 15.9 Å². The Hall–Kier alpha value is -2.26. The summed E-state index contributed by atoms with van der Waals surface area (Å²) in [6.45, 7) is 7.15. The van der Waals surface area contributed by atoms with Gasteiger partial charge in [-0.15, -0.1) is 0 Å². The molecule has 1 aliphatic rings. The average Bonchev–Trinajstić information content (AvgIpc) is 3.16. The molecule has 2 aromatic rings. The van der Waals surface area contributed by atoms with Crippen molar-refractivity contribution in [3.05, 3.63) is 41.5 Å². The summed E-state index contributed by atoms with van der Waals surface area (Å²) >= 11 is 0. The van der Waals surface area contributed by atoms with Gasteiger partial charge in [0.2, 0.25) is 21.8 Å². The number of rotatable bonds is 8. The van der Waals surface area contributed by atoms with Crippen molar-refractivity contribution in [2.24, 2.45) is 5.92 Å². The van der Waals surface area contributed by atoms with E-state index in [9.17, 15) is 13.2 Å². The van der Waals surface area contributed by atoms with Gasteiger partial charge in [0.1, 0.15) is 0 Å². The molecule has 0 atom stereocenters. The summed E-state index contributed by atoms with van der Waals surface area (Å²) in [7, 11) is -3.52. The number of carbonyl (C=O) groups excluding carboxylic acids is 1. The Bertz CT molecular complexity index is 946. The zero-order valence-electron chi connectivity index (χ0n) is 17.8. The molecule has 9 heteroatoms. The topological polar surface area (TPSA) is 105 Å². The van der Waals surface area contributed by atoms with Crippen LogP contribution in [0.1, 0.15) is 56.3 Å². The molecule has 3 rings (SSSR count). The van der Waals surface area contributed by atoms with Crippen LogP contribution in [-0.2, 0) is 21.2 Å². The predicted molar refractivity (Wildman–Crippen MR) is 112 cm³/mol. The molecule has 1 amide bonds. The smallest absolute Gasteiger partial charge is 0.243 e. The highest BCUT2D eigenvalue weighted by atomic mass is 32.2. The van der Waals surface area contributed by atoms with E-state index in [-0.39, 0.29) is 11.8 Å². The van der Waals surface area contributed by atoms with Gasteiger partial charge in [-0.1, -0.05) is 31.1 Å². The summed E-state index contributed by atoms with van der Waals surface area (Å²) in [5.41, 5.74) is 1.11. The highest BCUT2D eigenvalue weighted by Crippen LogP contribution is 2.25. The number of hydrogen-bond acceptors (Lipinski definition) is 6. The van der Waals surface area contributed by atoms with E-state index >= 15 is 0 Å². The standard InChI is InChI=1S/C21H30N4O4S/c1-15(2)17-6-8-19(9-7-17)30(27,28)25-13-10-18(11-14-25)21(26)22-12-4-5-20-23-16(3)24-29-20/h6-9,15,18H,4-5,10-14H2,1-3H3,(H,22,26). The molecule has 0 saturated carbocycles. The van der Waals surface area contributed by atoms with E-state index in [1.807, 2.05) is 12.1 Å². The molecule has 0 unspecified atom stereocenters. The zero-order chi connectivity index (χ0) is 21.7. The summed E-state index contributed by atoms with van der Waals surface area (Å²) in [6, 6.07) is 7.09. The normalized spacial score (nSPS) is 16.1. The summed E-state index contributed by atoms with van der Waals surface area (Å²) in [6.07, 6.45) is 2.39. The second kappa shape index (κ2) is 9.70. The number of nitrogens with zero attached hydrogens (tertiary/aromatic N) is 3. The van der Waals surface area contributed by atoms with Crippen LogP contribution >= 0.6 is 0 Å². The number of carbonyl (C=O) groups is 1. The molecule has 0 spiro atoms. The van der Waals surface area contributed by atoms with Gasteiger partial charge in [-0.05, 0) is 49.8 Å². The van der Waals surface area contributed by atoms with Crippen molar-refractivity contribution in [3.63, 3.8) is 0 Å². The molecule has 1 N–H and O–H groups in total. The minimum absolute atomic E-state index is 0.0185. The molecule has 164 valence electrons. The number of sulfonamides is 1. The molecule has 1 aromatic heterocycles. The van der Waals surface area contributed by atoms with Gasteiger partial charge in [0.25, 0.3) is 0 Å². The Balaban J connectivity index is 1.45. The Labute approximate surface area is 178 Å². The van der Waals surface area contributed by atoms with Crippen LogP contribution in [-0.4, -0.2) is 48.4 Å². The van der Waals surface area contributed by atoms with Gasteiger partial charge < -0.3 is 9.84 Å². The van der Waals surface area contributed by atoms with Gasteiger partial charge in [0.15, 0.2) is 5.82 Å². The van der Waals surface area contributed by atoms with Gasteiger partial charge in [-0.2, -0.15) is 9.29 Å². The van der Waals surface area contributed by atoms with Crippen LogP contribution in [0.25, 0.3) is 0 Å². The molecule has 0 aliphatic carbocycles. The van der Waals surface area contributed by atoms with Gasteiger partial charge in [-0.3, -0.25) is 4.79 Å². The third-order valence-corrected chi connectivity index (χ3v) is 7.36. The first-order valence-corrected chi connectivity index (χ1v) is 11.9. The highest BCUT2D eigenvalue weighted by Gasteiger charge is 2.32. The molecule has 1 saturated heterocycles. The first kappa shape index (κ1) is 22.4. The lowest BCUT2D eigenvalue weighted by Crippen LogP contribution is -2.43. The van der Waals surface area contributed by atoms with Crippen LogP contribution in [0.2, 0.25) is 0 Å². The van der Waals surface area contributed by atoms with E-state index in [2.05, 4.69) is 29.3 Å². The number of piperidine rings is 1. The maximum absolute atomic E-state index is 12.9. The fraction of sp³-hybridized carbons (Fsp3) is 0.571. The fourth-order valence-electron chi connectivity index (χ4n) is 3.57. The van der Waals surface area contributed by atoms with E-state index in [0.29, 0.717) is 67.8 Å². The number of benzene rings is 1. The summed E-state index contributed by atoms with van der Waals surface area (Å²) in [5, 5.41) is 6.67. The van der Waals surface area contributed by atoms with E-state index in [0.717, 1.165) is 5.56 Å². The quantitative estimate of drug-likeness (QED) is 0.641. The zero-order valence-corrected chi connectivity index (χ0v) is 18.6. The summed E-state index contributed by atoms with van der Waals surface area (Å²) in [5.74, 6) is 1.35. The maximum Gasteiger partial charge on any atom is 0.243 e. The molecule has 1 fully saturated rings. The molecular formula is C21H30N4O4S. The van der Waals surface area contributed by atoms with Crippen LogP contribution in [0.3, 0.4) is 0 Å². The molecule has 8 nitrogen and oxygen atoms in total. The van der Waals surface area contributed by atoms with Crippen LogP contribution in [0.15, 0.2) is 33.7 Å². The lowest BCUT2D eigenvalue weighted by Gasteiger charge is -2.30. The van der Waals surface area contributed by atoms with Crippen molar-refractivity contribution < 1.29 is 17.7 Å². The Morgan fingerprint density at radius 3 is 2.47 bits per heavy atom. The van der Waals surface area contributed by atoms with Crippen molar-refractivity contribution in [2.75, 3.05) is 19.6 Å². The molecule has 30 heavy (non-hydrogen) atoms. The molecule has 2 heterocycles. The molecule has 1 aromatic carbocycles. The minimum Gasteiger partial charge on any atom is -0.356 e. The van der Waals surface area contributed by atoms with Crippen molar-refractivity contribution in [1.82, 2.24) is 19.8 Å². The Kier molecular flexibility index (Phi) is 7.25. The summed E-state index contributed by atoms with van der Waals surface area (Å²) < 4.78 is 32.3. The number of hydrogen-bond donors (Lipinski definition) is 1. The highest BCUT2D eigenvalue weighted by molar-refractivity contribution is 7.89. The van der Waals surface area contributed by atoms with Gasteiger partial charge in [0, 0.05) is 32.0 Å². The largest absolute Gasteiger partial charge is 0.356 e. The second-order valence-electron chi connectivity index (χ2n) is 8.03. The van der Waals surface area contributed by atoms with E-state index in [4.69, 9.17) is 4.52 Å². The number of aromatic nitrogens is 2. The van der Waals surface area contributed by atoms with Crippen LogP contribution < -0.4 is 5.32 Å². The fourth-order valence-corrected chi connectivity index (χ4v) is 5.04. The van der Waals surface area contributed by atoms with Gasteiger partial charge in [0.05, 0.1) is 4.90 Å². The van der Waals surface area contributed by atoms with Crippen molar-refractivity contribution in [1.29, 1.82) is 0 Å². The lowest BCUT2D eigenvalue weighted by atomic mass is 9.97. The van der Waals surface area contributed by atoms with Gasteiger partial charge in [-0.25, -0.2) is 8.42 Å². The first-order chi connectivity index (χ1) is 14.3. The molecule has 1 aliphatic heterocycles. The Morgan fingerprint density at radius 2 is 1.90 bits per heavy atom. The van der Waals surface area contributed by atoms with Crippen molar-refractivity contribution in [2.45, 2.75) is 57.3 Å². The molecule has 0 bridgehead atoms. The first-order valence-electron chi connectivity index (χ1n) is 10.4. The monoisotopic (exact) mass is 434 g/mol. The maximum atomic E-state index is 12.9. The third-order valence-electron chi connectivity index (χ3n) is 5.45. The van der Waals surface area contributed by atoms with Crippen molar-refractivity contribution in [3.8, 4) is 0 Å². The molecular weight excluding hydrogens is 404 g/mol. The average molecular weight is 435 g/mol. The van der Waals surface area contributed by atoms with E-state index < -0.39 is 10.0 Å². The van der Waals surface area contributed by atoms with E-state index in [1.54, 1.807) is 19.1 Å².